The fourth-order valence-electron chi connectivity index (χ4n) is 2.55. The summed E-state index contributed by atoms with van der Waals surface area (Å²) in [5.74, 6) is 0.816. The summed E-state index contributed by atoms with van der Waals surface area (Å²) < 4.78 is 5.54. The minimum Gasteiger partial charge on any atom is -0.491 e. The van der Waals surface area contributed by atoms with E-state index < -0.39 is 6.10 Å². The van der Waals surface area contributed by atoms with Crippen molar-refractivity contribution < 1.29 is 9.84 Å². The highest BCUT2D eigenvalue weighted by molar-refractivity contribution is 5.20. The second-order valence-electron chi connectivity index (χ2n) is 5.37. The summed E-state index contributed by atoms with van der Waals surface area (Å²) in [6, 6.07) is 10.2. The van der Waals surface area contributed by atoms with Crippen LogP contribution in [0, 0.1) is 0 Å². The summed E-state index contributed by atoms with van der Waals surface area (Å²) in [6.07, 6.45) is 7.39. The Bertz CT molecular complexity index is 334. The van der Waals surface area contributed by atoms with Crippen molar-refractivity contribution in [3.05, 3.63) is 30.3 Å². The zero-order valence-electron chi connectivity index (χ0n) is 11.6. The molecule has 106 valence electrons. The molecule has 0 radical (unpaired) electrons. The second kappa shape index (κ2) is 8.18. The first-order valence-corrected chi connectivity index (χ1v) is 7.44. The number of para-hydroxylation sites is 1. The van der Waals surface area contributed by atoms with Crippen LogP contribution in [0.2, 0.25) is 0 Å². The maximum absolute atomic E-state index is 9.92. The Morgan fingerprint density at radius 3 is 2.47 bits per heavy atom. The van der Waals surface area contributed by atoms with E-state index in [0.717, 1.165) is 5.75 Å². The standard InChI is InChI=1S/C16H25NO2/c18-15(13-19-16-10-6-3-7-11-16)12-17-14-8-4-1-2-5-9-14/h3,6-7,10-11,14-15,17-18H,1-2,4-5,8-9,12-13H2. The molecule has 1 unspecified atom stereocenters. The molecule has 1 atom stereocenters. The molecule has 0 aromatic heterocycles. The Hall–Kier alpha value is -1.06. The molecule has 1 aromatic rings. The Morgan fingerprint density at radius 1 is 1.11 bits per heavy atom. The number of benzene rings is 1. The molecule has 0 spiro atoms. The molecule has 0 heterocycles. The lowest BCUT2D eigenvalue weighted by Gasteiger charge is -2.19. The molecule has 1 aromatic carbocycles. The predicted molar refractivity (Wildman–Crippen MR) is 77.4 cm³/mol. The highest BCUT2D eigenvalue weighted by atomic mass is 16.5. The van der Waals surface area contributed by atoms with Gasteiger partial charge in [-0.3, -0.25) is 0 Å². The van der Waals surface area contributed by atoms with Crippen molar-refractivity contribution in [1.29, 1.82) is 0 Å². The van der Waals surface area contributed by atoms with Crippen LogP contribution < -0.4 is 10.1 Å². The zero-order chi connectivity index (χ0) is 13.3. The molecule has 2 N–H and O–H groups in total. The van der Waals surface area contributed by atoms with Crippen LogP contribution in [-0.4, -0.2) is 30.4 Å². The zero-order valence-corrected chi connectivity index (χ0v) is 11.6. The van der Waals surface area contributed by atoms with Crippen molar-refractivity contribution in [3.63, 3.8) is 0 Å². The minimum absolute atomic E-state index is 0.351. The van der Waals surface area contributed by atoms with Gasteiger partial charge in [0.25, 0.3) is 0 Å². The van der Waals surface area contributed by atoms with Crippen molar-refractivity contribution in [1.82, 2.24) is 5.32 Å². The van der Waals surface area contributed by atoms with E-state index in [1.54, 1.807) is 0 Å². The van der Waals surface area contributed by atoms with Gasteiger partial charge >= 0.3 is 0 Å². The van der Waals surface area contributed by atoms with E-state index in [9.17, 15) is 5.11 Å². The van der Waals surface area contributed by atoms with Crippen LogP contribution in [0.3, 0.4) is 0 Å². The van der Waals surface area contributed by atoms with Crippen molar-refractivity contribution in [3.8, 4) is 5.75 Å². The number of hydrogen-bond acceptors (Lipinski definition) is 3. The van der Waals surface area contributed by atoms with E-state index in [2.05, 4.69) is 5.32 Å². The molecule has 3 heteroatoms. The molecule has 1 aliphatic carbocycles. The van der Waals surface area contributed by atoms with Crippen LogP contribution in [-0.2, 0) is 0 Å². The van der Waals surface area contributed by atoms with E-state index in [-0.39, 0.29) is 0 Å². The first-order valence-electron chi connectivity index (χ1n) is 7.44. The highest BCUT2D eigenvalue weighted by Gasteiger charge is 2.13. The molecule has 2 rings (SSSR count). The average molecular weight is 263 g/mol. The number of aliphatic hydroxyl groups excluding tert-OH is 1. The van der Waals surface area contributed by atoms with Gasteiger partial charge in [-0.05, 0) is 25.0 Å². The first-order chi connectivity index (χ1) is 9.34. The quantitative estimate of drug-likeness (QED) is 0.775. The molecule has 0 bridgehead atoms. The lowest BCUT2D eigenvalue weighted by atomic mass is 10.1. The highest BCUT2D eigenvalue weighted by Crippen LogP contribution is 2.17. The molecular formula is C16H25NO2. The first kappa shape index (κ1) is 14.4. The van der Waals surface area contributed by atoms with Gasteiger partial charge in [0, 0.05) is 12.6 Å². The Balaban J connectivity index is 1.62. The molecule has 1 saturated carbocycles. The largest absolute Gasteiger partial charge is 0.491 e. The van der Waals surface area contributed by atoms with Crippen LogP contribution >= 0.6 is 0 Å². The van der Waals surface area contributed by atoms with Crippen LogP contribution in [0.25, 0.3) is 0 Å². The van der Waals surface area contributed by atoms with Crippen LogP contribution in [0.4, 0.5) is 0 Å². The Kier molecular flexibility index (Phi) is 6.18. The van der Waals surface area contributed by atoms with Crippen molar-refractivity contribution in [2.24, 2.45) is 0 Å². The summed E-state index contributed by atoms with van der Waals surface area (Å²) in [6.45, 7) is 0.973. The monoisotopic (exact) mass is 263 g/mol. The number of rotatable bonds is 6. The van der Waals surface area contributed by atoms with Gasteiger partial charge in [-0.2, -0.15) is 0 Å². The predicted octanol–water partition coefficient (Wildman–Crippen LogP) is 2.74. The molecule has 3 nitrogen and oxygen atoms in total. The third kappa shape index (κ3) is 5.62. The second-order valence-corrected chi connectivity index (χ2v) is 5.37. The maximum atomic E-state index is 9.92. The van der Waals surface area contributed by atoms with Crippen LogP contribution in [0.5, 0.6) is 5.75 Å². The molecule has 19 heavy (non-hydrogen) atoms. The summed E-state index contributed by atoms with van der Waals surface area (Å²) in [7, 11) is 0. The lowest BCUT2D eigenvalue weighted by molar-refractivity contribution is 0.103. The Labute approximate surface area is 116 Å². The van der Waals surface area contributed by atoms with E-state index in [0.29, 0.717) is 19.2 Å². The van der Waals surface area contributed by atoms with Gasteiger partial charge in [0.1, 0.15) is 18.5 Å². The summed E-state index contributed by atoms with van der Waals surface area (Å²) in [4.78, 5) is 0. The molecule has 1 fully saturated rings. The van der Waals surface area contributed by atoms with Gasteiger partial charge < -0.3 is 15.2 Å². The molecule has 0 saturated heterocycles. The minimum atomic E-state index is -0.441. The Morgan fingerprint density at radius 2 is 1.79 bits per heavy atom. The fraction of sp³-hybridized carbons (Fsp3) is 0.625. The number of ether oxygens (including phenoxy) is 1. The fourth-order valence-corrected chi connectivity index (χ4v) is 2.55. The van der Waals surface area contributed by atoms with Gasteiger partial charge in [-0.25, -0.2) is 0 Å². The van der Waals surface area contributed by atoms with E-state index in [1.165, 1.54) is 38.5 Å². The smallest absolute Gasteiger partial charge is 0.119 e. The molecular weight excluding hydrogens is 238 g/mol. The number of aliphatic hydroxyl groups is 1. The lowest BCUT2D eigenvalue weighted by Crippen LogP contribution is -2.37. The van der Waals surface area contributed by atoms with E-state index in [1.807, 2.05) is 30.3 Å². The van der Waals surface area contributed by atoms with Gasteiger partial charge in [0.15, 0.2) is 0 Å². The van der Waals surface area contributed by atoms with Crippen LogP contribution in [0.15, 0.2) is 30.3 Å². The topological polar surface area (TPSA) is 41.5 Å². The van der Waals surface area contributed by atoms with Crippen LogP contribution in [0.1, 0.15) is 38.5 Å². The van der Waals surface area contributed by atoms with Crippen molar-refractivity contribution in [2.75, 3.05) is 13.2 Å². The van der Waals surface area contributed by atoms with Gasteiger partial charge in [-0.1, -0.05) is 43.9 Å². The molecule has 1 aliphatic rings. The van der Waals surface area contributed by atoms with Gasteiger partial charge in [0.2, 0.25) is 0 Å². The van der Waals surface area contributed by atoms with E-state index in [4.69, 9.17) is 4.74 Å². The summed E-state index contributed by atoms with van der Waals surface area (Å²) >= 11 is 0. The third-order valence-electron chi connectivity index (χ3n) is 3.68. The summed E-state index contributed by atoms with van der Waals surface area (Å²) in [5.41, 5.74) is 0. The number of hydrogen-bond donors (Lipinski definition) is 2. The van der Waals surface area contributed by atoms with Crippen molar-refractivity contribution in [2.45, 2.75) is 50.7 Å². The summed E-state index contributed by atoms with van der Waals surface area (Å²) in [5, 5.41) is 13.4. The normalized spacial score (nSPS) is 18.8. The van der Waals surface area contributed by atoms with Crippen molar-refractivity contribution >= 4 is 0 Å². The van der Waals surface area contributed by atoms with E-state index >= 15 is 0 Å². The van der Waals surface area contributed by atoms with Gasteiger partial charge in [0.05, 0.1) is 0 Å². The maximum Gasteiger partial charge on any atom is 0.119 e. The third-order valence-corrected chi connectivity index (χ3v) is 3.68. The average Bonchev–Trinajstić information content (AvgIpc) is 2.73. The molecule has 0 aliphatic heterocycles. The van der Waals surface area contributed by atoms with Gasteiger partial charge in [-0.15, -0.1) is 0 Å². The molecule has 0 amide bonds. The number of nitrogens with one attached hydrogen (secondary N) is 1. The SMILES string of the molecule is OC(CNC1CCCCCC1)COc1ccccc1.